The highest BCUT2D eigenvalue weighted by Crippen LogP contribution is 2.25. The van der Waals surface area contributed by atoms with Crippen LogP contribution in [-0.4, -0.2) is 26.2 Å². The largest absolute Gasteiger partial charge is 0.493 e. The van der Waals surface area contributed by atoms with Crippen LogP contribution in [0.1, 0.15) is 38.5 Å². The minimum atomic E-state index is -0.0345. The Bertz CT molecular complexity index is 424. The summed E-state index contributed by atoms with van der Waals surface area (Å²) in [4.78, 5) is 11.6. The summed E-state index contributed by atoms with van der Waals surface area (Å²) < 4.78 is 10.7. The van der Waals surface area contributed by atoms with Gasteiger partial charge >= 0.3 is 0 Å². The van der Waals surface area contributed by atoms with Crippen molar-refractivity contribution < 1.29 is 14.3 Å². The maximum atomic E-state index is 11.6. The van der Waals surface area contributed by atoms with Gasteiger partial charge in [-0.3, -0.25) is 4.79 Å². The Morgan fingerprint density at radius 1 is 1.19 bits per heavy atom. The van der Waals surface area contributed by atoms with Gasteiger partial charge in [0, 0.05) is 12.8 Å². The molecule has 0 aromatic heterocycles. The van der Waals surface area contributed by atoms with E-state index in [4.69, 9.17) is 9.47 Å². The third-order valence-electron chi connectivity index (χ3n) is 3.88. The topological polar surface area (TPSA) is 47.6 Å². The van der Waals surface area contributed by atoms with Gasteiger partial charge in [-0.05, 0) is 43.0 Å². The number of benzene rings is 1. The number of rotatable bonds is 7. The number of amides is 1. The van der Waals surface area contributed by atoms with Crippen LogP contribution in [0.15, 0.2) is 24.3 Å². The lowest BCUT2D eigenvalue weighted by molar-refractivity contribution is -0.117. The number of carbonyl (C=O) groups excluding carboxylic acids is 1. The molecule has 4 heteroatoms. The standard InChI is InChI=1S/C17H25NO3/c1-20-12-11-17(19)18-15-7-9-16(10-8-15)21-13-14-5-3-2-4-6-14/h7-10,14H,2-6,11-13H2,1H3,(H,18,19). The molecule has 1 saturated carbocycles. The van der Waals surface area contributed by atoms with Crippen LogP contribution in [0, 0.1) is 5.92 Å². The van der Waals surface area contributed by atoms with Crippen molar-refractivity contribution in [2.45, 2.75) is 38.5 Å². The molecule has 1 aromatic carbocycles. The molecule has 0 unspecified atom stereocenters. The van der Waals surface area contributed by atoms with Crippen molar-refractivity contribution >= 4 is 11.6 Å². The van der Waals surface area contributed by atoms with Gasteiger partial charge in [0.2, 0.25) is 5.91 Å². The van der Waals surface area contributed by atoms with E-state index in [1.807, 2.05) is 24.3 Å². The fraction of sp³-hybridized carbons (Fsp3) is 0.588. The molecule has 1 fully saturated rings. The monoisotopic (exact) mass is 291 g/mol. The van der Waals surface area contributed by atoms with E-state index in [0.717, 1.165) is 18.0 Å². The van der Waals surface area contributed by atoms with Crippen molar-refractivity contribution in [1.82, 2.24) is 0 Å². The van der Waals surface area contributed by atoms with Gasteiger partial charge in [0.25, 0.3) is 0 Å². The number of anilines is 1. The quantitative estimate of drug-likeness (QED) is 0.834. The second kappa shape index (κ2) is 8.67. The van der Waals surface area contributed by atoms with Crippen LogP contribution < -0.4 is 10.1 Å². The first-order chi connectivity index (χ1) is 10.3. The Labute approximate surface area is 126 Å². The lowest BCUT2D eigenvalue weighted by Crippen LogP contribution is -2.15. The average molecular weight is 291 g/mol. The highest BCUT2D eigenvalue weighted by Gasteiger charge is 2.13. The molecule has 0 bridgehead atoms. The Kier molecular flexibility index (Phi) is 6.54. The first-order valence-corrected chi connectivity index (χ1v) is 7.79. The van der Waals surface area contributed by atoms with Crippen molar-refractivity contribution in [2.75, 3.05) is 25.6 Å². The minimum absolute atomic E-state index is 0.0345. The van der Waals surface area contributed by atoms with Gasteiger partial charge in [-0.25, -0.2) is 0 Å². The van der Waals surface area contributed by atoms with Crippen molar-refractivity contribution in [3.8, 4) is 5.75 Å². The van der Waals surface area contributed by atoms with E-state index in [1.165, 1.54) is 32.1 Å². The summed E-state index contributed by atoms with van der Waals surface area (Å²) in [6, 6.07) is 7.57. The van der Waals surface area contributed by atoms with Gasteiger partial charge in [0.15, 0.2) is 0 Å². The second-order valence-electron chi connectivity index (χ2n) is 5.63. The highest BCUT2D eigenvalue weighted by molar-refractivity contribution is 5.90. The summed E-state index contributed by atoms with van der Waals surface area (Å²) >= 11 is 0. The summed E-state index contributed by atoms with van der Waals surface area (Å²) in [7, 11) is 1.59. The summed E-state index contributed by atoms with van der Waals surface area (Å²) in [5.41, 5.74) is 0.793. The van der Waals surface area contributed by atoms with Gasteiger partial charge in [-0.1, -0.05) is 19.3 Å². The van der Waals surface area contributed by atoms with E-state index >= 15 is 0 Å². The molecule has 0 aliphatic heterocycles. The van der Waals surface area contributed by atoms with Gasteiger partial charge < -0.3 is 14.8 Å². The Morgan fingerprint density at radius 2 is 1.90 bits per heavy atom. The first kappa shape index (κ1) is 15.8. The fourth-order valence-corrected chi connectivity index (χ4v) is 2.62. The fourth-order valence-electron chi connectivity index (χ4n) is 2.62. The van der Waals surface area contributed by atoms with Crippen molar-refractivity contribution in [3.05, 3.63) is 24.3 Å². The SMILES string of the molecule is COCCC(=O)Nc1ccc(OCC2CCCCC2)cc1. The van der Waals surface area contributed by atoms with Crippen molar-refractivity contribution in [3.63, 3.8) is 0 Å². The summed E-state index contributed by atoms with van der Waals surface area (Å²) in [6.45, 7) is 1.24. The van der Waals surface area contributed by atoms with Gasteiger partial charge in [-0.2, -0.15) is 0 Å². The molecule has 0 atom stereocenters. The molecule has 0 heterocycles. The summed E-state index contributed by atoms with van der Waals surface area (Å²) in [5, 5.41) is 2.83. The van der Waals surface area contributed by atoms with E-state index in [0.29, 0.717) is 18.9 Å². The Balaban J connectivity index is 1.74. The predicted octanol–water partition coefficient (Wildman–Crippen LogP) is 3.62. The van der Waals surface area contributed by atoms with Crippen molar-refractivity contribution in [1.29, 1.82) is 0 Å². The molecule has 2 rings (SSSR count). The molecule has 1 amide bonds. The van der Waals surface area contributed by atoms with Crippen LogP contribution in [0.2, 0.25) is 0 Å². The molecule has 116 valence electrons. The smallest absolute Gasteiger partial charge is 0.226 e. The van der Waals surface area contributed by atoms with Crippen LogP contribution in [0.25, 0.3) is 0 Å². The van der Waals surface area contributed by atoms with Crippen LogP contribution in [-0.2, 0) is 9.53 Å². The maximum Gasteiger partial charge on any atom is 0.226 e. The molecule has 1 N–H and O–H groups in total. The molecular formula is C17H25NO3. The number of ether oxygens (including phenoxy) is 2. The molecule has 1 aromatic rings. The Hall–Kier alpha value is -1.55. The predicted molar refractivity (Wildman–Crippen MR) is 83.6 cm³/mol. The maximum absolute atomic E-state index is 11.6. The van der Waals surface area contributed by atoms with Crippen LogP contribution in [0.5, 0.6) is 5.75 Å². The normalized spacial score (nSPS) is 15.7. The van der Waals surface area contributed by atoms with Crippen LogP contribution in [0.3, 0.4) is 0 Å². The molecule has 0 radical (unpaired) electrons. The van der Waals surface area contributed by atoms with E-state index in [1.54, 1.807) is 7.11 Å². The lowest BCUT2D eigenvalue weighted by atomic mass is 9.90. The summed E-state index contributed by atoms with van der Waals surface area (Å²) in [5.74, 6) is 1.54. The van der Waals surface area contributed by atoms with Gasteiger partial charge in [0.05, 0.1) is 19.6 Å². The molecule has 0 spiro atoms. The van der Waals surface area contributed by atoms with Gasteiger partial charge in [-0.15, -0.1) is 0 Å². The summed E-state index contributed by atoms with van der Waals surface area (Å²) in [6.07, 6.45) is 6.98. The molecule has 21 heavy (non-hydrogen) atoms. The molecular weight excluding hydrogens is 266 g/mol. The third-order valence-corrected chi connectivity index (χ3v) is 3.88. The van der Waals surface area contributed by atoms with E-state index in [-0.39, 0.29) is 5.91 Å². The van der Waals surface area contributed by atoms with E-state index < -0.39 is 0 Å². The zero-order valence-corrected chi connectivity index (χ0v) is 12.8. The van der Waals surface area contributed by atoms with E-state index in [9.17, 15) is 4.79 Å². The molecule has 0 saturated heterocycles. The number of hydrogen-bond donors (Lipinski definition) is 1. The lowest BCUT2D eigenvalue weighted by Gasteiger charge is -2.21. The third kappa shape index (κ3) is 5.76. The Morgan fingerprint density at radius 3 is 2.57 bits per heavy atom. The van der Waals surface area contributed by atoms with Crippen molar-refractivity contribution in [2.24, 2.45) is 5.92 Å². The number of carbonyl (C=O) groups is 1. The zero-order valence-electron chi connectivity index (χ0n) is 12.8. The first-order valence-electron chi connectivity index (χ1n) is 7.79. The highest BCUT2D eigenvalue weighted by atomic mass is 16.5. The second-order valence-corrected chi connectivity index (χ2v) is 5.63. The number of hydrogen-bond acceptors (Lipinski definition) is 3. The minimum Gasteiger partial charge on any atom is -0.493 e. The van der Waals surface area contributed by atoms with E-state index in [2.05, 4.69) is 5.32 Å². The molecule has 1 aliphatic rings. The number of methoxy groups -OCH3 is 1. The van der Waals surface area contributed by atoms with Crippen LogP contribution in [0.4, 0.5) is 5.69 Å². The zero-order chi connectivity index (χ0) is 14.9. The average Bonchev–Trinajstić information content (AvgIpc) is 2.53. The van der Waals surface area contributed by atoms with Gasteiger partial charge in [0.1, 0.15) is 5.75 Å². The molecule has 1 aliphatic carbocycles. The van der Waals surface area contributed by atoms with Crippen LogP contribution >= 0.6 is 0 Å². The number of nitrogens with one attached hydrogen (secondary N) is 1. The molecule has 4 nitrogen and oxygen atoms in total.